The van der Waals surface area contributed by atoms with Gasteiger partial charge in [-0.05, 0) is 44.9 Å². The molecule has 0 aliphatic carbocycles. The van der Waals surface area contributed by atoms with Crippen molar-refractivity contribution in [3.05, 3.63) is 41.2 Å². The second-order valence-electron chi connectivity index (χ2n) is 6.47. The van der Waals surface area contributed by atoms with Crippen LogP contribution < -0.4 is 10.6 Å². The van der Waals surface area contributed by atoms with Crippen molar-refractivity contribution in [3.8, 4) is 0 Å². The number of aromatic nitrogens is 4. The molecule has 0 saturated heterocycles. The highest BCUT2D eigenvalue weighted by Gasteiger charge is 2.20. The Bertz CT molecular complexity index is 963. The number of thioether (sulfide) groups is 1. The van der Waals surface area contributed by atoms with Gasteiger partial charge in [-0.1, -0.05) is 42.2 Å². The van der Waals surface area contributed by atoms with Crippen molar-refractivity contribution in [3.63, 3.8) is 0 Å². The monoisotopic (exact) mass is 416 g/mol. The third-order valence-electron chi connectivity index (χ3n) is 4.42. The average Bonchev–Trinajstić information content (AvgIpc) is 3.21. The number of hydrogen-bond acceptors (Lipinski definition) is 7. The highest BCUT2D eigenvalue weighted by molar-refractivity contribution is 8.02. The molecular formula is C19H24N6OS2. The summed E-state index contributed by atoms with van der Waals surface area (Å²) in [7, 11) is 1.86. The standard InChI is InChI=1S/C19H24N6OS2/c1-6-14-7-9-15(10-8-14)20-18-22-23-19(28-18)27-13(4)17(26)21-16-11(2)24-25(5)12(16)3/h7-10,13H,6H2,1-5H3,(H,20,22)(H,21,26)/t13-/m0/s1. The van der Waals surface area contributed by atoms with Crippen molar-refractivity contribution < 1.29 is 4.79 Å². The van der Waals surface area contributed by atoms with Crippen molar-refractivity contribution in [2.45, 2.75) is 43.7 Å². The number of nitrogens with one attached hydrogen (secondary N) is 2. The normalized spacial score (nSPS) is 12.0. The van der Waals surface area contributed by atoms with Crippen LogP contribution in [0.5, 0.6) is 0 Å². The summed E-state index contributed by atoms with van der Waals surface area (Å²) in [6, 6.07) is 8.24. The molecule has 7 nitrogen and oxygen atoms in total. The van der Waals surface area contributed by atoms with Gasteiger partial charge in [-0.3, -0.25) is 9.48 Å². The lowest BCUT2D eigenvalue weighted by atomic mass is 10.1. The fourth-order valence-electron chi connectivity index (χ4n) is 2.64. The third-order valence-corrected chi connectivity index (χ3v) is 6.45. The number of hydrogen-bond donors (Lipinski definition) is 2. The summed E-state index contributed by atoms with van der Waals surface area (Å²) in [5, 5.41) is 19.3. The second-order valence-corrected chi connectivity index (χ2v) is 9.03. The minimum absolute atomic E-state index is 0.0796. The fourth-order valence-corrected chi connectivity index (χ4v) is 4.56. The lowest BCUT2D eigenvalue weighted by Crippen LogP contribution is -2.23. The molecule has 0 unspecified atom stereocenters. The number of carbonyl (C=O) groups excluding carboxylic acids is 1. The quantitative estimate of drug-likeness (QED) is 0.558. The Morgan fingerprint density at radius 3 is 2.57 bits per heavy atom. The number of amides is 1. The first-order valence-electron chi connectivity index (χ1n) is 9.04. The maximum Gasteiger partial charge on any atom is 0.237 e. The molecule has 3 rings (SSSR count). The summed E-state index contributed by atoms with van der Waals surface area (Å²) in [5.74, 6) is -0.0796. The minimum atomic E-state index is -0.302. The summed E-state index contributed by atoms with van der Waals surface area (Å²) < 4.78 is 2.51. The van der Waals surface area contributed by atoms with E-state index in [1.807, 2.05) is 40.0 Å². The molecule has 0 aliphatic heterocycles. The predicted octanol–water partition coefficient (Wildman–Crippen LogP) is 4.31. The van der Waals surface area contributed by atoms with Gasteiger partial charge in [-0.25, -0.2) is 0 Å². The molecule has 0 spiro atoms. The molecule has 148 valence electrons. The summed E-state index contributed by atoms with van der Waals surface area (Å²) in [4.78, 5) is 12.6. The number of anilines is 3. The molecule has 1 amide bonds. The Labute approximate surface area is 173 Å². The SMILES string of the molecule is CCc1ccc(Nc2nnc(S[C@@H](C)C(=O)Nc3c(C)nn(C)c3C)s2)cc1. The van der Waals surface area contributed by atoms with Crippen molar-refractivity contribution >= 4 is 45.5 Å². The lowest BCUT2D eigenvalue weighted by molar-refractivity contribution is -0.115. The summed E-state index contributed by atoms with van der Waals surface area (Å²) in [6.07, 6.45) is 1.01. The summed E-state index contributed by atoms with van der Waals surface area (Å²) >= 11 is 2.83. The van der Waals surface area contributed by atoms with Crippen molar-refractivity contribution in [2.75, 3.05) is 10.6 Å². The molecule has 0 bridgehead atoms. The van der Waals surface area contributed by atoms with Gasteiger partial charge < -0.3 is 10.6 Å². The molecule has 2 N–H and O–H groups in total. The van der Waals surface area contributed by atoms with E-state index in [0.717, 1.165) is 33.5 Å². The van der Waals surface area contributed by atoms with Crippen molar-refractivity contribution in [1.82, 2.24) is 20.0 Å². The molecule has 0 fully saturated rings. The van der Waals surface area contributed by atoms with E-state index >= 15 is 0 Å². The van der Waals surface area contributed by atoms with E-state index in [4.69, 9.17) is 0 Å². The van der Waals surface area contributed by atoms with Crippen LogP contribution in [0.1, 0.15) is 30.8 Å². The van der Waals surface area contributed by atoms with E-state index in [-0.39, 0.29) is 11.2 Å². The number of carbonyl (C=O) groups is 1. The van der Waals surface area contributed by atoms with Crippen LogP contribution in [-0.4, -0.2) is 31.1 Å². The Morgan fingerprint density at radius 1 is 1.25 bits per heavy atom. The first-order chi connectivity index (χ1) is 13.4. The van der Waals surface area contributed by atoms with Gasteiger partial charge in [-0.15, -0.1) is 10.2 Å². The maximum atomic E-state index is 12.6. The number of rotatable bonds is 7. The van der Waals surface area contributed by atoms with Gasteiger partial charge in [0.15, 0.2) is 4.34 Å². The van der Waals surface area contributed by atoms with E-state index in [1.165, 1.54) is 28.7 Å². The Balaban J connectivity index is 1.59. The molecule has 1 atom stereocenters. The van der Waals surface area contributed by atoms with Crippen LogP contribution in [0.25, 0.3) is 0 Å². The zero-order chi connectivity index (χ0) is 20.3. The topological polar surface area (TPSA) is 84.7 Å². The molecule has 9 heteroatoms. The first kappa shape index (κ1) is 20.3. The van der Waals surface area contributed by atoms with E-state index in [1.54, 1.807) is 4.68 Å². The van der Waals surface area contributed by atoms with Crippen LogP contribution >= 0.6 is 23.1 Å². The average molecular weight is 417 g/mol. The molecule has 2 heterocycles. The van der Waals surface area contributed by atoms with Crippen molar-refractivity contribution in [2.24, 2.45) is 7.05 Å². The van der Waals surface area contributed by atoms with E-state index in [0.29, 0.717) is 5.13 Å². The summed E-state index contributed by atoms with van der Waals surface area (Å²) in [5.41, 5.74) is 4.77. The summed E-state index contributed by atoms with van der Waals surface area (Å²) in [6.45, 7) is 7.81. The van der Waals surface area contributed by atoms with Gasteiger partial charge in [0.25, 0.3) is 0 Å². The van der Waals surface area contributed by atoms with E-state index < -0.39 is 0 Å². The minimum Gasteiger partial charge on any atom is -0.330 e. The lowest BCUT2D eigenvalue weighted by Gasteiger charge is -2.10. The molecule has 1 aromatic carbocycles. The van der Waals surface area contributed by atoms with Gasteiger partial charge in [0.2, 0.25) is 11.0 Å². The van der Waals surface area contributed by atoms with Gasteiger partial charge in [0.05, 0.1) is 22.3 Å². The van der Waals surface area contributed by atoms with E-state index in [2.05, 4.69) is 45.0 Å². The zero-order valence-electron chi connectivity index (χ0n) is 16.6. The van der Waals surface area contributed by atoms with Crippen LogP contribution in [0.15, 0.2) is 28.6 Å². The maximum absolute atomic E-state index is 12.6. The van der Waals surface area contributed by atoms with Gasteiger partial charge >= 0.3 is 0 Å². The molecule has 28 heavy (non-hydrogen) atoms. The van der Waals surface area contributed by atoms with Gasteiger partial charge in [-0.2, -0.15) is 5.10 Å². The Hall–Kier alpha value is -2.39. The third kappa shape index (κ3) is 4.71. The highest BCUT2D eigenvalue weighted by Crippen LogP contribution is 2.31. The van der Waals surface area contributed by atoms with Gasteiger partial charge in [0, 0.05) is 12.7 Å². The van der Waals surface area contributed by atoms with Crippen LogP contribution in [0.2, 0.25) is 0 Å². The second kappa shape index (κ2) is 8.74. The highest BCUT2D eigenvalue weighted by atomic mass is 32.2. The Morgan fingerprint density at radius 2 is 1.96 bits per heavy atom. The molecular weight excluding hydrogens is 392 g/mol. The van der Waals surface area contributed by atoms with Crippen molar-refractivity contribution in [1.29, 1.82) is 0 Å². The molecule has 0 saturated carbocycles. The van der Waals surface area contributed by atoms with Crippen LogP contribution in [-0.2, 0) is 18.3 Å². The fraction of sp³-hybridized carbons (Fsp3) is 0.368. The molecule has 2 aromatic heterocycles. The number of nitrogens with zero attached hydrogens (tertiary/aromatic N) is 4. The molecule has 0 aliphatic rings. The smallest absolute Gasteiger partial charge is 0.237 e. The van der Waals surface area contributed by atoms with E-state index in [9.17, 15) is 4.79 Å². The number of benzene rings is 1. The van der Waals surface area contributed by atoms with Crippen LogP contribution in [0, 0.1) is 13.8 Å². The predicted molar refractivity (Wildman–Crippen MR) is 116 cm³/mol. The molecule has 3 aromatic rings. The van der Waals surface area contributed by atoms with Gasteiger partial charge in [0.1, 0.15) is 0 Å². The number of aryl methyl sites for hydroxylation is 3. The van der Waals surface area contributed by atoms with Crippen LogP contribution in [0.4, 0.5) is 16.5 Å². The zero-order valence-corrected chi connectivity index (χ0v) is 18.2. The largest absolute Gasteiger partial charge is 0.330 e. The first-order valence-corrected chi connectivity index (χ1v) is 10.7. The Kier molecular flexibility index (Phi) is 6.35. The van der Waals surface area contributed by atoms with Crippen LogP contribution in [0.3, 0.4) is 0 Å². The molecule has 0 radical (unpaired) electrons.